The van der Waals surface area contributed by atoms with E-state index in [0.29, 0.717) is 25.7 Å². The maximum atomic E-state index is 11.9. The smallest absolute Gasteiger partial charge is 0.409 e. The molecule has 2 N–H and O–H groups in total. The Balaban J connectivity index is 0.00000480. The van der Waals surface area contributed by atoms with Gasteiger partial charge in [0.2, 0.25) is 5.91 Å². The summed E-state index contributed by atoms with van der Waals surface area (Å²) >= 11 is 0. The summed E-state index contributed by atoms with van der Waals surface area (Å²) < 4.78 is 10.5. The second-order valence-corrected chi connectivity index (χ2v) is 7.79. The number of likely N-dealkylation sites (tertiary alicyclic amines) is 1. The quantitative estimate of drug-likeness (QED) is 0.196. The zero-order valence-corrected chi connectivity index (χ0v) is 21.4. The number of guanidine groups is 1. The number of nitrogens with zero attached hydrogens (tertiary/aromatic N) is 4. The number of ether oxygens (including phenoxy) is 2. The molecule has 31 heavy (non-hydrogen) atoms. The molecule has 2 aliphatic rings. The van der Waals surface area contributed by atoms with Crippen molar-refractivity contribution in [2.24, 2.45) is 4.99 Å². The lowest BCUT2D eigenvalue weighted by molar-refractivity contribution is -0.127. The maximum Gasteiger partial charge on any atom is 0.409 e. The molecule has 2 rings (SSSR count). The topological polar surface area (TPSA) is 98.7 Å². The van der Waals surface area contributed by atoms with Crippen LogP contribution in [0.5, 0.6) is 0 Å². The van der Waals surface area contributed by atoms with Crippen molar-refractivity contribution in [2.45, 2.75) is 32.2 Å². The zero-order chi connectivity index (χ0) is 21.8. The molecule has 0 aromatic heterocycles. The number of aliphatic imine (C=N–C) groups is 1. The minimum absolute atomic E-state index is 0. The predicted molar refractivity (Wildman–Crippen MR) is 131 cm³/mol. The molecule has 2 amide bonds. The predicted octanol–water partition coefficient (Wildman–Crippen LogP) is 0.571. The first kappa shape index (κ1) is 27.7. The Bertz CT molecular complexity index is 564. The second kappa shape index (κ2) is 15.5. The number of nitrogens with one attached hydrogen (secondary N) is 2. The van der Waals surface area contributed by atoms with Gasteiger partial charge in [-0.05, 0) is 32.7 Å². The van der Waals surface area contributed by atoms with Gasteiger partial charge in [0.05, 0.1) is 19.8 Å². The van der Waals surface area contributed by atoms with Gasteiger partial charge in [-0.1, -0.05) is 0 Å². The SMILES string of the molecule is CCOC(=O)N1CCC(NC(=NCC(=O)N(C)C)NCCCN2CCOCC2)CC1.I. The molecule has 2 heterocycles. The van der Waals surface area contributed by atoms with E-state index < -0.39 is 0 Å². The van der Waals surface area contributed by atoms with E-state index in [9.17, 15) is 9.59 Å². The van der Waals surface area contributed by atoms with E-state index in [1.807, 2.05) is 6.92 Å². The Morgan fingerprint density at radius 3 is 2.45 bits per heavy atom. The Kier molecular flexibility index (Phi) is 13.8. The first-order valence-electron chi connectivity index (χ1n) is 11.0. The monoisotopic (exact) mass is 554 g/mol. The molecule has 0 atom stereocenters. The normalized spacial score (nSPS) is 18.2. The molecule has 2 aliphatic heterocycles. The van der Waals surface area contributed by atoms with Crippen molar-refractivity contribution >= 4 is 41.9 Å². The summed E-state index contributed by atoms with van der Waals surface area (Å²) in [4.78, 5) is 34.0. The van der Waals surface area contributed by atoms with Crippen molar-refractivity contribution in [3.05, 3.63) is 0 Å². The molecule has 0 saturated carbocycles. The van der Waals surface area contributed by atoms with Gasteiger partial charge in [-0.25, -0.2) is 9.79 Å². The van der Waals surface area contributed by atoms with E-state index in [-0.39, 0.29) is 48.6 Å². The first-order chi connectivity index (χ1) is 14.5. The summed E-state index contributed by atoms with van der Waals surface area (Å²) in [6, 6.07) is 0.204. The van der Waals surface area contributed by atoms with Gasteiger partial charge in [0, 0.05) is 52.9 Å². The average Bonchev–Trinajstić information content (AvgIpc) is 2.75. The van der Waals surface area contributed by atoms with E-state index in [2.05, 4.69) is 20.5 Å². The van der Waals surface area contributed by atoms with E-state index in [0.717, 1.165) is 58.7 Å². The number of piperidine rings is 1. The molecular formula is C20H39IN6O4. The Labute approximate surface area is 203 Å². The molecule has 0 unspecified atom stereocenters. The summed E-state index contributed by atoms with van der Waals surface area (Å²) in [5, 5.41) is 6.80. The van der Waals surface area contributed by atoms with Crippen LogP contribution in [0, 0.1) is 0 Å². The molecule has 10 nitrogen and oxygen atoms in total. The number of hydrogen-bond acceptors (Lipinski definition) is 6. The number of rotatable bonds is 8. The summed E-state index contributed by atoms with van der Waals surface area (Å²) in [6.45, 7) is 8.97. The van der Waals surface area contributed by atoms with Crippen LogP contribution in [-0.2, 0) is 14.3 Å². The lowest BCUT2D eigenvalue weighted by atomic mass is 10.1. The molecule has 0 bridgehead atoms. The van der Waals surface area contributed by atoms with Crippen LogP contribution in [0.2, 0.25) is 0 Å². The fourth-order valence-electron chi connectivity index (χ4n) is 3.39. The summed E-state index contributed by atoms with van der Waals surface area (Å²) in [5.74, 6) is 0.614. The minimum Gasteiger partial charge on any atom is -0.450 e. The third-order valence-electron chi connectivity index (χ3n) is 5.28. The van der Waals surface area contributed by atoms with Crippen LogP contribution < -0.4 is 10.6 Å². The van der Waals surface area contributed by atoms with Crippen LogP contribution in [0.25, 0.3) is 0 Å². The van der Waals surface area contributed by atoms with Gasteiger partial charge in [0.25, 0.3) is 0 Å². The number of carbonyl (C=O) groups excluding carboxylic acids is 2. The summed E-state index contributed by atoms with van der Waals surface area (Å²) in [5.41, 5.74) is 0. The van der Waals surface area contributed by atoms with Crippen LogP contribution >= 0.6 is 24.0 Å². The summed E-state index contributed by atoms with van der Waals surface area (Å²) in [6.07, 6.45) is 2.37. The molecule has 0 spiro atoms. The fourth-order valence-corrected chi connectivity index (χ4v) is 3.39. The van der Waals surface area contributed by atoms with Crippen molar-refractivity contribution in [3.8, 4) is 0 Å². The third kappa shape index (κ3) is 10.7. The zero-order valence-electron chi connectivity index (χ0n) is 19.1. The van der Waals surface area contributed by atoms with Crippen molar-refractivity contribution in [1.82, 2.24) is 25.3 Å². The average molecular weight is 554 g/mol. The van der Waals surface area contributed by atoms with E-state index in [4.69, 9.17) is 9.47 Å². The number of amides is 2. The highest BCUT2D eigenvalue weighted by Crippen LogP contribution is 2.11. The van der Waals surface area contributed by atoms with Crippen molar-refractivity contribution in [3.63, 3.8) is 0 Å². The van der Waals surface area contributed by atoms with Gasteiger partial charge >= 0.3 is 6.09 Å². The Morgan fingerprint density at radius 2 is 1.84 bits per heavy atom. The molecule has 0 aliphatic carbocycles. The van der Waals surface area contributed by atoms with Crippen LogP contribution in [-0.4, -0.2) is 118 Å². The van der Waals surface area contributed by atoms with Crippen LogP contribution in [0.4, 0.5) is 4.79 Å². The lowest BCUT2D eigenvalue weighted by Crippen LogP contribution is -2.50. The highest BCUT2D eigenvalue weighted by molar-refractivity contribution is 14.0. The van der Waals surface area contributed by atoms with Gasteiger partial charge in [-0.2, -0.15) is 0 Å². The van der Waals surface area contributed by atoms with Crippen LogP contribution in [0.3, 0.4) is 0 Å². The number of likely N-dealkylation sites (N-methyl/N-ethyl adjacent to an activating group) is 1. The van der Waals surface area contributed by atoms with E-state index >= 15 is 0 Å². The maximum absolute atomic E-state index is 11.9. The first-order valence-corrected chi connectivity index (χ1v) is 11.0. The largest absolute Gasteiger partial charge is 0.450 e. The fraction of sp³-hybridized carbons (Fsp3) is 0.850. The van der Waals surface area contributed by atoms with Gasteiger partial charge in [0.15, 0.2) is 5.96 Å². The number of carbonyl (C=O) groups is 2. The van der Waals surface area contributed by atoms with Crippen LogP contribution in [0.15, 0.2) is 4.99 Å². The second-order valence-electron chi connectivity index (χ2n) is 7.79. The number of halogens is 1. The highest BCUT2D eigenvalue weighted by Gasteiger charge is 2.24. The molecule has 2 saturated heterocycles. The molecular weight excluding hydrogens is 515 g/mol. The number of hydrogen-bond donors (Lipinski definition) is 2. The molecule has 180 valence electrons. The third-order valence-corrected chi connectivity index (χ3v) is 5.28. The van der Waals surface area contributed by atoms with Gasteiger partial charge in [0.1, 0.15) is 6.54 Å². The molecule has 0 aromatic carbocycles. The van der Waals surface area contributed by atoms with Crippen LogP contribution in [0.1, 0.15) is 26.2 Å². The van der Waals surface area contributed by atoms with Gasteiger partial charge < -0.3 is 29.9 Å². The molecule has 0 aromatic rings. The van der Waals surface area contributed by atoms with Gasteiger partial charge in [-0.3, -0.25) is 9.69 Å². The minimum atomic E-state index is -0.248. The van der Waals surface area contributed by atoms with Gasteiger partial charge in [-0.15, -0.1) is 24.0 Å². The standard InChI is InChI=1S/C20H38N6O4.HI/c1-4-30-20(28)26-10-6-17(7-11-26)23-19(22-16-18(27)24(2)3)21-8-5-9-25-12-14-29-15-13-25;/h17H,4-16H2,1-3H3,(H2,21,22,23);1H. The lowest BCUT2D eigenvalue weighted by Gasteiger charge is -2.32. The van der Waals surface area contributed by atoms with Crippen molar-refractivity contribution in [2.75, 3.05) is 79.7 Å². The Hall–Kier alpha value is -1.34. The van der Waals surface area contributed by atoms with E-state index in [1.165, 1.54) is 4.90 Å². The molecule has 2 fully saturated rings. The van der Waals surface area contributed by atoms with Crippen molar-refractivity contribution < 1.29 is 19.1 Å². The molecule has 0 radical (unpaired) electrons. The molecule has 11 heteroatoms. The number of morpholine rings is 1. The van der Waals surface area contributed by atoms with E-state index in [1.54, 1.807) is 19.0 Å². The highest BCUT2D eigenvalue weighted by atomic mass is 127. The summed E-state index contributed by atoms with van der Waals surface area (Å²) in [7, 11) is 3.46. The Morgan fingerprint density at radius 1 is 1.16 bits per heavy atom. The van der Waals surface area contributed by atoms with Crippen molar-refractivity contribution in [1.29, 1.82) is 0 Å².